The monoisotopic (exact) mass is 1020 g/mol. The number of carbonyl (C=O) groups is 8. The van der Waals surface area contributed by atoms with Crippen LogP contribution >= 0.6 is 0 Å². The molecule has 4 aliphatic rings. The fourth-order valence-electron chi connectivity index (χ4n) is 11.5. The zero-order valence-corrected chi connectivity index (χ0v) is 44.8. The number of unbranched alkanes of at least 4 members (excludes halogenated alkanes) is 2. The molecular formula is C56H80N8O10. The van der Waals surface area contributed by atoms with Crippen molar-refractivity contribution in [2.24, 2.45) is 17.8 Å². The predicted molar refractivity (Wildman–Crippen MR) is 280 cm³/mol. The number of methoxy groups -OCH3 is 2. The highest BCUT2D eigenvalue weighted by Gasteiger charge is 2.48. The maximum atomic E-state index is 14.4. The van der Waals surface area contributed by atoms with Crippen molar-refractivity contribution in [2.45, 2.75) is 147 Å². The van der Waals surface area contributed by atoms with Crippen LogP contribution in [0.15, 0.2) is 66.7 Å². The van der Waals surface area contributed by atoms with Gasteiger partial charge in [0, 0.05) is 84.7 Å². The van der Waals surface area contributed by atoms with Crippen LogP contribution in [-0.2, 0) is 60.8 Å². The van der Waals surface area contributed by atoms with E-state index in [1.807, 2.05) is 63.4 Å². The van der Waals surface area contributed by atoms with Crippen molar-refractivity contribution in [3.63, 3.8) is 0 Å². The first-order valence-corrected chi connectivity index (χ1v) is 26.6. The summed E-state index contributed by atoms with van der Waals surface area (Å²) in [6.45, 7) is 6.74. The van der Waals surface area contributed by atoms with Gasteiger partial charge in [0.2, 0.25) is 35.4 Å². The summed E-state index contributed by atoms with van der Waals surface area (Å²) in [5.74, 6) is -2.53. The lowest BCUT2D eigenvalue weighted by Crippen LogP contribution is -2.56. The van der Waals surface area contributed by atoms with E-state index < -0.39 is 42.2 Å². The van der Waals surface area contributed by atoms with Crippen molar-refractivity contribution >= 4 is 52.9 Å². The summed E-state index contributed by atoms with van der Waals surface area (Å²) in [6.07, 6.45) is 8.78. The average molecular weight is 1030 g/mol. The molecule has 74 heavy (non-hydrogen) atoms. The number of carbonyl (C=O) groups excluding carboxylic acids is 8. The summed E-state index contributed by atoms with van der Waals surface area (Å²) in [5.41, 5.74) is 2.28. The van der Waals surface area contributed by atoms with Crippen molar-refractivity contribution in [1.29, 1.82) is 0 Å². The molecule has 1 aliphatic carbocycles. The normalized spacial score (nSPS) is 21.7. The van der Waals surface area contributed by atoms with Gasteiger partial charge in [0.1, 0.15) is 6.04 Å². The SMILES string of the molecule is CCC(C)C(C(CC(=O)N1CCCC1C(OC)C(C)C(=O)N[C@@H](Cc1ccccc1)C(=O)N(C)c1ccc(CNC(=O)CCCCCN2C(=O)C=CC2=O)cc1)OC)N(C)C(=O)CNC(=O)C1C2CCC(C2)N1C. The number of piperidine rings is 1. The highest BCUT2D eigenvalue weighted by atomic mass is 16.5. The van der Waals surface area contributed by atoms with Gasteiger partial charge < -0.3 is 40.1 Å². The molecule has 0 spiro atoms. The molecule has 404 valence electrons. The first kappa shape index (κ1) is 57.3. The molecule has 3 heterocycles. The smallest absolute Gasteiger partial charge is 0.253 e. The summed E-state index contributed by atoms with van der Waals surface area (Å²) in [7, 11) is 8.42. The molecular weight excluding hydrogens is 945 g/mol. The molecule has 6 rings (SSSR count). The van der Waals surface area contributed by atoms with Crippen LogP contribution in [0, 0.1) is 17.8 Å². The van der Waals surface area contributed by atoms with Crippen LogP contribution in [0.3, 0.4) is 0 Å². The van der Waals surface area contributed by atoms with E-state index in [9.17, 15) is 38.4 Å². The number of ether oxygens (including phenoxy) is 2. The Labute approximate surface area is 437 Å². The Morgan fingerprint density at radius 1 is 0.838 bits per heavy atom. The molecule has 18 nitrogen and oxygen atoms in total. The number of fused-ring (bicyclic) bond motifs is 2. The molecule has 0 aromatic heterocycles. The van der Waals surface area contributed by atoms with Crippen molar-refractivity contribution in [1.82, 2.24) is 35.6 Å². The second-order valence-electron chi connectivity index (χ2n) is 20.8. The fraction of sp³-hybridized carbons (Fsp3) is 0.607. The van der Waals surface area contributed by atoms with Crippen molar-refractivity contribution in [3.05, 3.63) is 77.9 Å². The number of nitrogens with one attached hydrogen (secondary N) is 3. The summed E-state index contributed by atoms with van der Waals surface area (Å²) in [4.78, 5) is 114. The highest BCUT2D eigenvalue weighted by Crippen LogP contribution is 2.41. The first-order chi connectivity index (χ1) is 35.5. The van der Waals surface area contributed by atoms with E-state index in [2.05, 4.69) is 20.9 Å². The Balaban J connectivity index is 1.04. The number of amides is 8. The minimum Gasteiger partial charge on any atom is -0.379 e. The molecule has 3 fully saturated rings. The second kappa shape index (κ2) is 27.0. The van der Waals surface area contributed by atoms with Gasteiger partial charge in [-0.15, -0.1) is 0 Å². The Morgan fingerprint density at radius 3 is 2.18 bits per heavy atom. The van der Waals surface area contributed by atoms with Gasteiger partial charge in [0.15, 0.2) is 0 Å². The molecule has 2 aromatic rings. The van der Waals surface area contributed by atoms with E-state index in [0.717, 1.165) is 36.8 Å². The molecule has 3 aliphatic heterocycles. The molecule has 1 saturated carbocycles. The van der Waals surface area contributed by atoms with E-state index >= 15 is 0 Å². The lowest BCUT2D eigenvalue weighted by molar-refractivity contribution is -0.146. The van der Waals surface area contributed by atoms with Crippen molar-refractivity contribution in [2.75, 3.05) is 59.9 Å². The quantitative estimate of drug-likeness (QED) is 0.0862. The molecule has 9 unspecified atom stereocenters. The van der Waals surface area contributed by atoms with Gasteiger partial charge in [-0.05, 0) is 87.1 Å². The van der Waals surface area contributed by atoms with Crippen LogP contribution in [0.4, 0.5) is 5.69 Å². The second-order valence-corrected chi connectivity index (χ2v) is 20.8. The molecule has 8 amide bonds. The number of benzene rings is 2. The van der Waals surface area contributed by atoms with Crippen molar-refractivity contribution < 1.29 is 47.8 Å². The predicted octanol–water partition coefficient (Wildman–Crippen LogP) is 4.00. The third-order valence-corrected chi connectivity index (χ3v) is 16.1. The molecule has 2 bridgehead atoms. The summed E-state index contributed by atoms with van der Waals surface area (Å²) >= 11 is 0. The van der Waals surface area contributed by atoms with E-state index in [4.69, 9.17) is 9.47 Å². The van der Waals surface area contributed by atoms with Gasteiger partial charge in [-0.3, -0.25) is 48.2 Å². The maximum Gasteiger partial charge on any atom is 0.253 e. The number of likely N-dealkylation sites (N-methyl/N-ethyl adjacent to an activating group) is 3. The molecule has 3 N–H and O–H groups in total. The summed E-state index contributed by atoms with van der Waals surface area (Å²) in [6, 6.07) is 15.0. The van der Waals surface area contributed by atoms with Crippen LogP contribution in [-0.4, -0.2) is 164 Å². The van der Waals surface area contributed by atoms with Crippen LogP contribution in [0.1, 0.15) is 103 Å². The van der Waals surface area contributed by atoms with Gasteiger partial charge in [0.25, 0.3) is 11.8 Å². The van der Waals surface area contributed by atoms with E-state index in [1.54, 1.807) is 50.1 Å². The van der Waals surface area contributed by atoms with E-state index in [1.165, 1.54) is 29.1 Å². The lowest BCUT2D eigenvalue weighted by Gasteiger charge is -2.39. The third kappa shape index (κ3) is 14.2. The zero-order chi connectivity index (χ0) is 53.6. The Morgan fingerprint density at radius 2 is 1.54 bits per heavy atom. The van der Waals surface area contributed by atoms with Gasteiger partial charge in [0.05, 0.1) is 49.2 Å². The number of hydrogen-bond acceptors (Lipinski definition) is 11. The van der Waals surface area contributed by atoms with Gasteiger partial charge in [-0.25, -0.2) is 0 Å². The minimum atomic E-state index is -0.949. The molecule has 2 aromatic carbocycles. The van der Waals surface area contributed by atoms with Gasteiger partial charge >= 0.3 is 0 Å². The Hall–Kier alpha value is -5.98. The topological polar surface area (TPSA) is 207 Å². The summed E-state index contributed by atoms with van der Waals surface area (Å²) in [5, 5.41) is 8.87. The fourth-order valence-corrected chi connectivity index (χ4v) is 11.5. The van der Waals surface area contributed by atoms with Crippen LogP contribution < -0.4 is 20.9 Å². The minimum absolute atomic E-state index is 0.0107. The average Bonchev–Trinajstić information content (AvgIpc) is 4.22. The van der Waals surface area contributed by atoms with Crippen LogP contribution in [0.2, 0.25) is 0 Å². The third-order valence-electron chi connectivity index (χ3n) is 16.1. The molecule has 0 radical (unpaired) electrons. The highest BCUT2D eigenvalue weighted by molar-refractivity contribution is 6.12. The van der Waals surface area contributed by atoms with Crippen LogP contribution in [0.5, 0.6) is 0 Å². The lowest BCUT2D eigenvalue weighted by atomic mass is 9.90. The number of nitrogens with zero attached hydrogens (tertiary/aromatic N) is 5. The van der Waals surface area contributed by atoms with Crippen LogP contribution in [0.25, 0.3) is 0 Å². The molecule has 18 heteroatoms. The van der Waals surface area contributed by atoms with Gasteiger partial charge in [-0.2, -0.15) is 0 Å². The van der Waals surface area contributed by atoms with Crippen molar-refractivity contribution in [3.8, 4) is 0 Å². The van der Waals surface area contributed by atoms with E-state index in [-0.39, 0.29) is 72.7 Å². The zero-order valence-electron chi connectivity index (χ0n) is 44.8. The molecule has 10 atom stereocenters. The Bertz CT molecular complexity index is 2290. The number of likely N-dealkylation sites (tertiary alicyclic amines) is 2. The number of anilines is 1. The molecule has 2 saturated heterocycles. The number of rotatable bonds is 27. The number of hydrogen-bond donors (Lipinski definition) is 3. The maximum absolute atomic E-state index is 14.4. The standard InChI is InChI=1S/C56H80N8O10/c1-9-36(2)51(62(6)50(69)35-58-55(71)52-40-23-26-42(32-40)60(52)4)45(73-7)33-49(68)63-30-16-19-44(63)53(74-8)37(3)54(70)59-43(31-38-17-12-10-13-18-38)56(72)61(5)41-24-21-39(22-25-41)34-57-46(65)20-14-11-15-29-64-47(66)27-28-48(64)67/h10,12-13,17-18,21-22,24-25,27-28,36-37,40,42-45,51-53H,9,11,14-16,19-20,23,26,29-35H2,1-8H3,(H,57,65)(H,58,71)(H,59,70)/t36?,37?,40?,42?,43-,44?,45?,51?,52?,53?/m0/s1. The Kier molecular flexibility index (Phi) is 20.9. The first-order valence-electron chi connectivity index (χ1n) is 26.6. The number of imide groups is 1. The van der Waals surface area contributed by atoms with E-state index in [0.29, 0.717) is 75.8 Å². The van der Waals surface area contributed by atoms with Gasteiger partial charge in [-0.1, -0.05) is 76.1 Å². The largest absolute Gasteiger partial charge is 0.379 e. The summed E-state index contributed by atoms with van der Waals surface area (Å²) < 4.78 is 12.1.